The van der Waals surface area contributed by atoms with E-state index in [2.05, 4.69) is 16.0 Å². The topological polar surface area (TPSA) is 133 Å². The fourth-order valence-electron chi connectivity index (χ4n) is 3.23. The van der Waals surface area contributed by atoms with Crippen LogP contribution in [0.4, 0.5) is 9.59 Å². The highest BCUT2D eigenvalue weighted by Crippen LogP contribution is 2.22. The van der Waals surface area contributed by atoms with Crippen molar-refractivity contribution in [3.63, 3.8) is 0 Å². The Bertz CT molecular complexity index is 977. The second kappa shape index (κ2) is 9.95. The molecule has 0 bridgehead atoms. The molecular weight excluding hydrogens is 428 g/mol. The number of benzene rings is 1. The predicted octanol–water partition coefficient (Wildman–Crippen LogP) is 1.99. The maximum atomic E-state index is 12.3. The van der Waals surface area contributed by atoms with Gasteiger partial charge in [0, 0.05) is 12.1 Å². The van der Waals surface area contributed by atoms with Crippen molar-refractivity contribution in [3.8, 4) is 0 Å². The first-order chi connectivity index (χ1) is 15.5. The summed E-state index contributed by atoms with van der Waals surface area (Å²) in [6, 6.07) is 9.96. The normalized spacial score (nSPS) is 14.7. The molecule has 1 aromatic heterocycles. The van der Waals surface area contributed by atoms with Crippen molar-refractivity contribution in [2.75, 3.05) is 19.6 Å². The summed E-state index contributed by atoms with van der Waals surface area (Å²) in [6.45, 7) is 5.95. The minimum absolute atomic E-state index is 0.00659. The molecule has 10 nitrogen and oxygen atoms in total. The number of hydrogen-bond donors (Lipinski definition) is 4. The van der Waals surface area contributed by atoms with Crippen LogP contribution in [-0.4, -0.2) is 58.9 Å². The van der Waals surface area contributed by atoms with Gasteiger partial charge in [0.25, 0.3) is 5.91 Å². The van der Waals surface area contributed by atoms with Crippen LogP contribution in [0.1, 0.15) is 42.5 Å². The van der Waals surface area contributed by atoms with Gasteiger partial charge in [-0.05, 0) is 50.6 Å². The van der Waals surface area contributed by atoms with Crippen LogP contribution >= 0.6 is 0 Å². The number of β-amino-alcohol motifs (C(OH)–C–C–N with tert-alkyl or cyclic N) is 1. The number of carbonyl (C=O) groups excluding carboxylic acids is 3. The van der Waals surface area contributed by atoms with Crippen LogP contribution in [0.15, 0.2) is 47.1 Å². The van der Waals surface area contributed by atoms with Gasteiger partial charge >= 0.3 is 12.1 Å². The minimum atomic E-state index is -1.19. The molecule has 0 aliphatic carbocycles. The molecule has 2 aromatic rings. The van der Waals surface area contributed by atoms with Gasteiger partial charge in [0.05, 0.1) is 32.4 Å². The number of hydrogen-bond acceptors (Lipinski definition) is 6. The molecule has 0 radical (unpaired) electrons. The number of rotatable bonds is 7. The van der Waals surface area contributed by atoms with Crippen LogP contribution in [0.5, 0.6) is 0 Å². The van der Waals surface area contributed by atoms with E-state index in [-0.39, 0.29) is 38.6 Å². The van der Waals surface area contributed by atoms with Crippen LogP contribution in [0.25, 0.3) is 0 Å². The van der Waals surface area contributed by atoms with Crippen LogP contribution in [-0.2, 0) is 17.8 Å². The van der Waals surface area contributed by atoms with Gasteiger partial charge in [-0.3, -0.25) is 4.79 Å². The summed E-state index contributed by atoms with van der Waals surface area (Å²) in [5, 5.41) is 18.5. The van der Waals surface area contributed by atoms with Gasteiger partial charge in [0.2, 0.25) is 0 Å². The van der Waals surface area contributed by atoms with Crippen molar-refractivity contribution < 1.29 is 28.6 Å². The number of likely N-dealkylation sites (tertiary alicyclic amines) is 1. The highest BCUT2D eigenvalue weighted by Gasteiger charge is 2.45. The number of nitrogens with one attached hydrogen (secondary N) is 3. The van der Waals surface area contributed by atoms with Gasteiger partial charge in [-0.25, -0.2) is 9.59 Å². The summed E-state index contributed by atoms with van der Waals surface area (Å²) in [5.41, 5.74) is -0.595. The Morgan fingerprint density at radius 1 is 1.09 bits per heavy atom. The highest BCUT2D eigenvalue weighted by atomic mass is 16.6. The van der Waals surface area contributed by atoms with Crippen LogP contribution < -0.4 is 16.0 Å². The fourth-order valence-corrected chi connectivity index (χ4v) is 3.23. The average molecular weight is 459 g/mol. The Kier molecular flexibility index (Phi) is 7.27. The third-order valence-electron chi connectivity index (χ3n) is 4.85. The molecule has 4 amide bonds. The van der Waals surface area contributed by atoms with E-state index in [0.717, 1.165) is 5.56 Å². The molecular formula is C23H30N4O6. The molecule has 0 spiro atoms. The fraction of sp³-hybridized carbons (Fsp3) is 0.435. The van der Waals surface area contributed by atoms with Crippen LogP contribution in [0, 0.1) is 0 Å². The van der Waals surface area contributed by atoms with E-state index in [1.807, 2.05) is 0 Å². The predicted molar refractivity (Wildman–Crippen MR) is 119 cm³/mol. The zero-order valence-corrected chi connectivity index (χ0v) is 19.0. The lowest BCUT2D eigenvalue weighted by molar-refractivity contribution is -0.0945. The van der Waals surface area contributed by atoms with Crippen molar-refractivity contribution in [2.24, 2.45) is 0 Å². The van der Waals surface area contributed by atoms with Gasteiger partial charge in [-0.15, -0.1) is 0 Å². The number of furan rings is 1. The molecule has 10 heteroatoms. The first-order valence-electron chi connectivity index (χ1n) is 10.6. The van der Waals surface area contributed by atoms with E-state index in [1.165, 1.54) is 4.90 Å². The Morgan fingerprint density at radius 2 is 1.85 bits per heavy atom. The van der Waals surface area contributed by atoms with Gasteiger partial charge in [0.1, 0.15) is 17.0 Å². The number of nitrogens with zero attached hydrogens (tertiary/aromatic N) is 1. The Hall–Kier alpha value is -3.53. The minimum Gasteiger partial charge on any atom is -0.467 e. The molecule has 1 fully saturated rings. The Labute approximate surface area is 192 Å². The molecule has 2 heterocycles. The van der Waals surface area contributed by atoms with Gasteiger partial charge in [-0.1, -0.05) is 12.1 Å². The van der Waals surface area contributed by atoms with Gasteiger partial charge in [0.15, 0.2) is 0 Å². The van der Waals surface area contributed by atoms with Crippen molar-refractivity contribution in [1.29, 1.82) is 0 Å². The van der Waals surface area contributed by atoms with Crippen molar-refractivity contribution >= 4 is 18.0 Å². The first kappa shape index (κ1) is 24.1. The monoisotopic (exact) mass is 458 g/mol. The number of amides is 4. The molecule has 0 atom stereocenters. The number of ether oxygens (including phenoxy) is 1. The maximum absolute atomic E-state index is 12.3. The van der Waals surface area contributed by atoms with Crippen molar-refractivity contribution in [3.05, 3.63) is 59.5 Å². The molecule has 178 valence electrons. The highest BCUT2D eigenvalue weighted by molar-refractivity contribution is 5.94. The van der Waals surface area contributed by atoms with Crippen LogP contribution in [0.3, 0.4) is 0 Å². The largest absolute Gasteiger partial charge is 0.467 e. The Balaban J connectivity index is 1.39. The zero-order valence-electron chi connectivity index (χ0n) is 19.0. The number of urea groups is 1. The quantitative estimate of drug-likeness (QED) is 0.502. The molecule has 1 aliphatic rings. The lowest BCUT2D eigenvalue weighted by atomic mass is 9.95. The first-order valence-corrected chi connectivity index (χ1v) is 10.6. The molecule has 33 heavy (non-hydrogen) atoms. The van der Waals surface area contributed by atoms with Crippen LogP contribution in [0.2, 0.25) is 0 Å². The van der Waals surface area contributed by atoms with Gasteiger partial charge in [-0.2, -0.15) is 0 Å². The summed E-state index contributed by atoms with van der Waals surface area (Å²) in [6.07, 6.45) is 1.05. The standard InChI is InChI=1S/C23H30N4O6/c1-22(2,3)33-21(30)27-14-23(31,15-27)13-26-20(29)25-11-16-6-4-7-17(10-16)19(28)24-12-18-8-5-9-32-18/h4-10,31H,11-15H2,1-3H3,(H,24,28)(H2,25,26,29). The molecule has 0 unspecified atom stereocenters. The molecule has 0 saturated carbocycles. The van der Waals surface area contributed by atoms with Gasteiger partial charge < -0.3 is 35.1 Å². The smallest absolute Gasteiger partial charge is 0.410 e. The van der Waals surface area contributed by atoms with Crippen molar-refractivity contribution in [1.82, 2.24) is 20.9 Å². The van der Waals surface area contributed by atoms with E-state index < -0.39 is 23.3 Å². The summed E-state index contributed by atoms with van der Waals surface area (Å²) in [4.78, 5) is 37.8. The van der Waals surface area contributed by atoms with E-state index in [4.69, 9.17) is 9.15 Å². The second-order valence-corrected chi connectivity index (χ2v) is 9.06. The molecule has 1 aliphatic heterocycles. The van der Waals surface area contributed by atoms with E-state index in [9.17, 15) is 19.5 Å². The number of carbonyl (C=O) groups is 3. The average Bonchev–Trinajstić information content (AvgIpc) is 3.25. The maximum Gasteiger partial charge on any atom is 0.410 e. The lowest BCUT2D eigenvalue weighted by Crippen LogP contribution is -2.68. The Morgan fingerprint density at radius 3 is 2.52 bits per heavy atom. The zero-order chi connectivity index (χ0) is 24.1. The molecule has 1 saturated heterocycles. The summed E-state index contributed by atoms with van der Waals surface area (Å²) in [5.74, 6) is 0.402. The third kappa shape index (κ3) is 7.25. The summed E-state index contributed by atoms with van der Waals surface area (Å²) >= 11 is 0. The van der Waals surface area contributed by atoms with E-state index in [0.29, 0.717) is 11.3 Å². The molecule has 3 rings (SSSR count). The lowest BCUT2D eigenvalue weighted by Gasteiger charge is -2.46. The van der Waals surface area contributed by atoms with Crippen molar-refractivity contribution in [2.45, 2.75) is 45.1 Å². The second-order valence-electron chi connectivity index (χ2n) is 9.06. The van der Waals surface area contributed by atoms with E-state index in [1.54, 1.807) is 63.4 Å². The summed E-state index contributed by atoms with van der Waals surface area (Å²) < 4.78 is 10.4. The number of aliphatic hydroxyl groups is 1. The SMILES string of the molecule is CC(C)(C)OC(=O)N1CC(O)(CNC(=O)NCc2cccc(C(=O)NCc3ccco3)c2)C1. The molecule has 1 aromatic carbocycles. The summed E-state index contributed by atoms with van der Waals surface area (Å²) in [7, 11) is 0. The third-order valence-corrected chi connectivity index (χ3v) is 4.85. The van der Waals surface area contributed by atoms with E-state index >= 15 is 0 Å². The molecule has 4 N–H and O–H groups in total.